The standard InChI is InChI=1S/C47H33NS/c1-47(2)41-21-8-7-17-37(41)38-19-10-18-35(44(38)47)32-24-27-33(28-25-32)48(42-22-9-14-30-12-3-5-15-34(30)42)43-23-11-20-39-40-29-26-31-13-4-6-16-36(31)45(40)49-46(39)43/h3-29H,1-2H3. The third-order valence-corrected chi connectivity index (χ3v) is 11.9. The van der Waals surface area contributed by atoms with Gasteiger partial charge in [-0.3, -0.25) is 0 Å². The third kappa shape index (κ3) is 4.17. The number of fused-ring (bicyclic) bond motifs is 9. The van der Waals surface area contributed by atoms with Gasteiger partial charge in [-0.05, 0) is 73.8 Å². The van der Waals surface area contributed by atoms with Crippen LogP contribution in [0.4, 0.5) is 17.1 Å². The van der Waals surface area contributed by atoms with Gasteiger partial charge in [0.25, 0.3) is 0 Å². The molecule has 0 fully saturated rings. The molecule has 0 amide bonds. The number of hydrogen-bond donors (Lipinski definition) is 0. The van der Waals surface area contributed by atoms with E-state index in [2.05, 4.69) is 183 Å². The van der Waals surface area contributed by atoms with Crippen LogP contribution in [0.1, 0.15) is 25.0 Å². The second-order valence-electron chi connectivity index (χ2n) is 13.7. The summed E-state index contributed by atoms with van der Waals surface area (Å²) in [6.07, 6.45) is 0. The summed E-state index contributed by atoms with van der Waals surface area (Å²) in [6.45, 7) is 4.74. The fourth-order valence-electron chi connectivity index (χ4n) is 8.38. The molecule has 2 heteroatoms. The fraction of sp³-hybridized carbons (Fsp3) is 0.0638. The van der Waals surface area contributed by atoms with Crippen molar-refractivity contribution in [2.75, 3.05) is 4.90 Å². The number of rotatable bonds is 4. The Hall–Kier alpha value is -5.70. The van der Waals surface area contributed by atoms with Crippen molar-refractivity contribution < 1.29 is 0 Å². The summed E-state index contributed by atoms with van der Waals surface area (Å²) >= 11 is 1.91. The molecule has 0 aliphatic heterocycles. The summed E-state index contributed by atoms with van der Waals surface area (Å²) in [4.78, 5) is 2.47. The number of thiophene rings is 1. The molecule has 0 saturated heterocycles. The van der Waals surface area contributed by atoms with Gasteiger partial charge < -0.3 is 4.90 Å². The Morgan fingerprint density at radius 3 is 1.88 bits per heavy atom. The van der Waals surface area contributed by atoms with E-state index < -0.39 is 0 Å². The Labute approximate surface area is 290 Å². The van der Waals surface area contributed by atoms with Gasteiger partial charge in [0.15, 0.2) is 0 Å². The van der Waals surface area contributed by atoms with Crippen molar-refractivity contribution >= 4 is 70.1 Å². The molecule has 9 aromatic rings. The smallest absolute Gasteiger partial charge is 0.0640 e. The molecule has 1 aliphatic rings. The average Bonchev–Trinajstić information content (AvgIpc) is 3.65. The van der Waals surface area contributed by atoms with E-state index in [-0.39, 0.29) is 5.41 Å². The highest BCUT2D eigenvalue weighted by molar-refractivity contribution is 7.27. The molecule has 1 aromatic heterocycles. The first-order chi connectivity index (χ1) is 24.1. The molecule has 1 heterocycles. The quantitative estimate of drug-likeness (QED) is 0.184. The first kappa shape index (κ1) is 28.3. The van der Waals surface area contributed by atoms with Crippen LogP contribution in [-0.4, -0.2) is 0 Å². The van der Waals surface area contributed by atoms with Crippen molar-refractivity contribution in [1.29, 1.82) is 0 Å². The predicted molar refractivity (Wildman–Crippen MR) is 212 cm³/mol. The minimum Gasteiger partial charge on any atom is -0.308 e. The minimum atomic E-state index is -0.0722. The molecule has 0 unspecified atom stereocenters. The van der Waals surface area contributed by atoms with Gasteiger partial charge in [-0.25, -0.2) is 0 Å². The van der Waals surface area contributed by atoms with E-state index in [4.69, 9.17) is 0 Å². The maximum absolute atomic E-state index is 2.47. The molecule has 1 nitrogen and oxygen atoms in total. The molecular weight excluding hydrogens is 611 g/mol. The molecule has 0 spiro atoms. The maximum atomic E-state index is 2.47. The lowest BCUT2D eigenvalue weighted by Gasteiger charge is -2.28. The van der Waals surface area contributed by atoms with Crippen LogP contribution in [0.15, 0.2) is 164 Å². The van der Waals surface area contributed by atoms with E-state index in [1.165, 1.54) is 86.5 Å². The SMILES string of the molecule is CC1(C)c2ccccc2-c2cccc(-c3ccc(N(c4cccc5ccccc45)c4cccc5c4sc4c6ccccc6ccc54)cc3)c21. The lowest BCUT2D eigenvalue weighted by atomic mass is 9.79. The van der Waals surface area contributed by atoms with Crippen molar-refractivity contribution in [2.45, 2.75) is 19.3 Å². The van der Waals surface area contributed by atoms with Gasteiger partial charge in [-0.1, -0.05) is 153 Å². The summed E-state index contributed by atoms with van der Waals surface area (Å²) in [5, 5.41) is 7.68. The maximum Gasteiger partial charge on any atom is 0.0640 e. The highest BCUT2D eigenvalue weighted by Gasteiger charge is 2.37. The van der Waals surface area contributed by atoms with Gasteiger partial charge in [0.1, 0.15) is 0 Å². The Kier molecular flexibility index (Phi) is 6.16. The Bertz CT molecular complexity index is 2740. The Morgan fingerprint density at radius 1 is 0.429 bits per heavy atom. The molecule has 10 rings (SSSR count). The van der Waals surface area contributed by atoms with Crippen molar-refractivity contribution in [1.82, 2.24) is 0 Å². The summed E-state index contributed by atoms with van der Waals surface area (Å²) < 4.78 is 2.64. The number of anilines is 3. The zero-order valence-corrected chi connectivity index (χ0v) is 28.3. The molecule has 1 aliphatic carbocycles. The van der Waals surface area contributed by atoms with E-state index in [0.29, 0.717) is 0 Å². The van der Waals surface area contributed by atoms with Crippen LogP contribution in [0.25, 0.3) is 64.0 Å². The van der Waals surface area contributed by atoms with Crippen LogP contribution >= 0.6 is 11.3 Å². The van der Waals surface area contributed by atoms with Crippen molar-refractivity contribution in [3.05, 3.63) is 175 Å². The predicted octanol–water partition coefficient (Wildman–Crippen LogP) is 13.8. The second kappa shape index (κ2) is 10.7. The van der Waals surface area contributed by atoms with E-state index in [0.717, 1.165) is 5.69 Å². The first-order valence-electron chi connectivity index (χ1n) is 17.0. The monoisotopic (exact) mass is 643 g/mol. The van der Waals surface area contributed by atoms with E-state index in [1.54, 1.807) is 0 Å². The zero-order valence-electron chi connectivity index (χ0n) is 27.4. The van der Waals surface area contributed by atoms with E-state index in [9.17, 15) is 0 Å². The zero-order chi connectivity index (χ0) is 32.7. The van der Waals surface area contributed by atoms with Crippen LogP contribution in [-0.2, 0) is 5.41 Å². The molecule has 8 aromatic carbocycles. The van der Waals surface area contributed by atoms with Crippen LogP contribution < -0.4 is 4.90 Å². The fourth-order valence-corrected chi connectivity index (χ4v) is 9.72. The molecule has 49 heavy (non-hydrogen) atoms. The van der Waals surface area contributed by atoms with Crippen molar-refractivity contribution in [3.8, 4) is 22.3 Å². The number of hydrogen-bond acceptors (Lipinski definition) is 2. The second-order valence-corrected chi connectivity index (χ2v) is 14.7. The highest BCUT2D eigenvalue weighted by Crippen LogP contribution is 2.53. The van der Waals surface area contributed by atoms with Crippen LogP contribution in [0.3, 0.4) is 0 Å². The van der Waals surface area contributed by atoms with Gasteiger partial charge in [-0.15, -0.1) is 11.3 Å². The molecule has 0 radical (unpaired) electrons. The minimum absolute atomic E-state index is 0.0722. The highest BCUT2D eigenvalue weighted by atomic mass is 32.1. The summed E-state index contributed by atoms with van der Waals surface area (Å²) in [5.41, 5.74) is 11.5. The summed E-state index contributed by atoms with van der Waals surface area (Å²) in [5.74, 6) is 0. The van der Waals surface area contributed by atoms with Gasteiger partial charge in [0.05, 0.1) is 16.1 Å². The first-order valence-corrected chi connectivity index (χ1v) is 17.8. The molecule has 0 atom stereocenters. The molecule has 0 N–H and O–H groups in total. The molecular formula is C47H33NS. The molecule has 0 saturated carbocycles. The number of nitrogens with zero attached hydrogens (tertiary/aromatic N) is 1. The largest absolute Gasteiger partial charge is 0.308 e. The summed E-state index contributed by atoms with van der Waals surface area (Å²) in [7, 11) is 0. The van der Waals surface area contributed by atoms with Gasteiger partial charge in [-0.2, -0.15) is 0 Å². The summed E-state index contributed by atoms with van der Waals surface area (Å²) in [6, 6.07) is 60.5. The molecule has 232 valence electrons. The van der Waals surface area contributed by atoms with Crippen molar-refractivity contribution in [2.24, 2.45) is 0 Å². The van der Waals surface area contributed by atoms with Crippen LogP contribution in [0, 0.1) is 0 Å². The molecule has 0 bridgehead atoms. The van der Waals surface area contributed by atoms with Gasteiger partial charge in [0.2, 0.25) is 0 Å². The Morgan fingerprint density at radius 2 is 1.02 bits per heavy atom. The van der Waals surface area contributed by atoms with Crippen LogP contribution in [0.2, 0.25) is 0 Å². The number of benzene rings is 8. The van der Waals surface area contributed by atoms with Crippen LogP contribution in [0.5, 0.6) is 0 Å². The topological polar surface area (TPSA) is 3.24 Å². The lowest BCUT2D eigenvalue weighted by molar-refractivity contribution is 0.662. The average molecular weight is 644 g/mol. The van der Waals surface area contributed by atoms with Crippen molar-refractivity contribution in [3.63, 3.8) is 0 Å². The normalized spacial score (nSPS) is 13.3. The Balaban J connectivity index is 1.18. The lowest BCUT2D eigenvalue weighted by Crippen LogP contribution is -2.16. The third-order valence-electron chi connectivity index (χ3n) is 10.6. The van der Waals surface area contributed by atoms with Gasteiger partial charge in [0, 0.05) is 32.0 Å². The van der Waals surface area contributed by atoms with E-state index in [1.807, 2.05) is 11.3 Å². The van der Waals surface area contributed by atoms with Gasteiger partial charge >= 0.3 is 0 Å². The van der Waals surface area contributed by atoms with E-state index >= 15 is 0 Å².